The lowest BCUT2D eigenvalue weighted by Gasteiger charge is -2.26. The Kier molecular flexibility index (Phi) is 6.79. The maximum absolute atomic E-state index is 5.87. The fraction of sp³-hybridized carbons (Fsp3) is 0.538. The van der Waals surface area contributed by atoms with Crippen molar-refractivity contribution in [3.8, 4) is 0 Å². The zero-order valence-corrected chi connectivity index (χ0v) is 12.4. The minimum Gasteiger partial charge on any atom is -0.127 e. The summed E-state index contributed by atoms with van der Waals surface area (Å²) < 4.78 is 0.102. The summed E-state index contributed by atoms with van der Waals surface area (Å²) in [6.45, 7) is 0. The molecule has 0 fully saturated rings. The van der Waals surface area contributed by atoms with E-state index in [1.807, 2.05) is 6.07 Å². The molecule has 90 valence electrons. The second-order valence-electron chi connectivity index (χ2n) is 4.04. The van der Waals surface area contributed by atoms with E-state index in [-0.39, 0.29) is 4.32 Å². The zero-order valence-electron chi connectivity index (χ0n) is 9.26. The van der Waals surface area contributed by atoms with Gasteiger partial charge in [-0.2, -0.15) is 0 Å². The molecule has 1 rings (SSSR count). The van der Waals surface area contributed by atoms with Crippen molar-refractivity contribution >= 4 is 39.1 Å². The van der Waals surface area contributed by atoms with Crippen molar-refractivity contribution in [2.75, 3.05) is 11.8 Å². The normalized spacial score (nSPS) is 14.7. The maximum Gasteiger partial charge on any atom is 0.0310 e. The van der Waals surface area contributed by atoms with Gasteiger partial charge in [0.2, 0.25) is 0 Å². The van der Waals surface area contributed by atoms with Gasteiger partial charge in [-0.05, 0) is 31.2 Å². The standard InChI is InChI=1S/C13H17BrCl2/c14-13(8-10-16,7-4-9-15)11-12-5-2-1-3-6-12/h1-3,5-6H,4,7-11H2. The summed E-state index contributed by atoms with van der Waals surface area (Å²) in [6.07, 6.45) is 4.08. The van der Waals surface area contributed by atoms with Crippen LogP contribution in [-0.2, 0) is 6.42 Å². The fourth-order valence-electron chi connectivity index (χ4n) is 1.82. The van der Waals surface area contributed by atoms with Crippen LogP contribution >= 0.6 is 39.1 Å². The highest BCUT2D eigenvalue weighted by atomic mass is 79.9. The molecule has 0 nitrogen and oxygen atoms in total. The summed E-state index contributed by atoms with van der Waals surface area (Å²) in [5.41, 5.74) is 1.35. The molecule has 0 aliphatic carbocycles. The smallest absolute Gasteiger partial charge is 0.0310 e. The van der Waals surface area contributed by atoms with Crippen LogP contribution in [0.5, 0.6) is 0 Å². The first-order valence-corrected chi connectivity index (χ1v) is 7.41. The summed E-state index contributed by atoms with van der Waals surface area (Å²) in [6, 6.07) is 10.5. The molecule has 0 saturated heterocycles. The highest BCUT2D eigenvalue weighted by Crippen LogP contribution is 2.33. The van der Waals surface area contributed by atoms with Crippen LogP contribution in [0.25, 0.3) is 0 Å². The highest BCUT2D eigenvalue weighted by molar-refractivity contribution is 9.10. The summed E-state index contributed by atoms with van der Waals surface area (Å²) >= 11 is 15.5. The molecule has 0 heterocycles. The molecule has 0 bridgehead atoms. The van der Waals surface area contributed by atoms with E-state index in [2.05, 4.69) is 40.2 Å². The lowest BCUT2D eigenvalue weighted by molar-refractivity contribution is 0.528. The number of alkyl halides is 3. The van der Waals surface area contributed by atoms with Crippen molar-refractivity contribution in [1.82, 2.24) is 0 Å². The predicted octanol–water partition coefficient (Wildman–Crippen LogP) is 5.01. The van der Waals surface area contributed by atoms with Gasteiger partial charge >= 0.3 is 0 Å². The number of halogens is 3. The van der Waals surface area contributed by atoms with Crippen molar-refractivity contribution in [1.29, 1.82) is 0 Å². The number of rotatable bonds is 7. The van der Waals surface area contributed by atoms with Crippen LogP contribution < -0.4 is 0 Å². The minimum absolute atomic E-state index is 0.102. The van der Waals surface area contributed by atoms with Gasteiger partial charge in [0.05, 0.1) is 0 Å². The van der Waals surface area contributed by atoms with Gasteiger partial charge in [0.15, 0.2) is 0 Å². The third kappa shape index (κ3) is 5.07. The predicted molar refractivity (Wildman–Crippen MR) is 77.1 cm³/mol. The molecule has 0 aliphatic rings. The molecule has 3 heteroatoms. The lowest BCUT2D eigenvalue weighted by atomic mass is 9.92. The fourth-order valence-corrected chi connectivity index (χ4v) is 3.34. The second-order valence-corrected chi connectivity index (χ2v) is 6.48. The Hall–Kier alpha value is 0.280. The van der Waals surface area contributed by atoms with Gasteiger partial charge in [0.25, 0.3) is 0 Å². The van der Waals surface area contributed by atoms with E-state index in [9.17, 15) is 0 Å². The van der Waals surface area contributed by atoms with E-state index in [1.54, 1.807) is 0 Å². The molecule has 0 N–H and O–H groups in total. The van der Waals surface area contributed by atoms with E-state index in [1.165, 1.54) is 5.56 Å². The Morgan fingerprint density at radius 1 is 1.00 bits per heavy atom. The Morgan fingerprint density at radius 2 is 1.69 bits per heavy atom. The van der Waals surface area contributed by atoms with Gasteiger partial charge in [0.1, 0.15) is 0 Å². The van der Waals surface area contributed by atoms with E-state index < -0.39 is 0 Å². The third-order valence-electron chi connectivity index (χ3n) is 2.66. The molecule has 0 spiro atoms. The SMILES string of the molecule is ClCCCC(Br)(CCCl)Cc1ccccc1. The molecule has 1 aromatic rings. The Bertz CT molecular complexity index is 289. The Balaban J connectivity index is 2.62. The monoisotopic (exact) mass is 322 g/mol. The van der Waals surface area contributed by atoms with Gasteiger partial charge < -0.3 is 0 Å². The van der Waals surface area contributed by atoms with Crippen molar-refractivity contribution in [3.63, 3.8) is 0 Å². The zero-order chi connectivity index (χ0) is 11.9. The first kappa shape index (κ1) is 14.3. The maximum atomic E-state index is 5.87. The molecule has 0 aliphatic heterocycles. The molecule has 1 unspecified atom stereocenters. The topological polar surface area (TPSA) is 0 Å². The summed E-state index contributed by atoms with van der Waals surface area (Å²) in [5, 5.41) is 0. The number of hydrogen-bond acceptors (Lipinski definition) is 0. The van der Waals surface area contributed by atoms with Crippen molar-refractivity contribution < 1.29 is 0 Å². The number of hydrogen-bond donors (Lipinski definition) is 0. The molecule has 0 radical (unpaired) electrons. The van der Waals surface area contributed by atoms with Gasteiger partial charge in [0, 0.05) is 16.1 Å². The van der Waals surface area contributed by atoms with Crippen LogP contribution in [0.1, 0.15) is 24.8 Å². The van der Waals surface area contributed by atoms with Gasteiger partial charge in [-0.1, -0.05) is 46.3 Å². The van der Waals surface area contributed by atoms with Crippen molar-refractivity contribution in [2.24, 2.45) is 0 Å². The highest BCUT2D eigenvalue weighted by Gasteiger charge is 2.25. The molecule has 0 saturated carbocycles. The summed E-state index contributed by atoms with van der Waals surface area (Å²) in [5.74, 6) is 1.39. The van der Waals surface area contributed by atoms with E-state index in [0.29, 0.717) is 11.8 Å². The molecule has 1 aromatic carbocycles. The summed E-state index contributed by atoms with van der Waals surface area (Å²) in [7, 11) is 0. The lowest BCUT2D eigenvalue weighted by Crippen LogP contribution is -2.25. The van der Waals surface area contributed by atoms with E-state index in [4.69, 9.17) is 23.2 Å². The molecule has 1 atom stereocenters. The van der Waals surface area contributed by atoms with Crippen LogP contribution in [0.15, 0.2) is 30.3 Å². The van der Waals surface area contributed by atoms with E-state index in [0.717, 1.165) is 25.7 Å². The molecular formula is C13H17BrCl2. The Labute approximate surface area is 116 Å². The van der Waals surface area contributed by atoms with Gasteiger partial charge in [-0.15, -0.1) is 23.2 Å². The Morgan fingerprint density at radius 3 is 2.25 bits per heavy atom. The minimum atomic E-state index is 0.102. The third-order valence-corrected chi connectivity index (χ3v) is 4.19. The van der Waals surface area contributed by atoms with Crippen LogP contribution in [-0.4, -0.2) is 16.1 Å². The van der Waals surface area contributed by atoms with E-state index >= 15 is 0 Å². The quantitative estimate of drug-likeness (QED) is 0.619. The van der Waals surface area contributed by atoms with Crippen LogP contribution in [0, 0.1) is 0 Å². The molecule has 0 aromatic heterocycles. The molecular weight excluding hydrogens is 307 g/mol. The van der Waals surface area contributed by atoms with Crippen LogP contribution in [0.4, 0.5) is 0 Å². The average molecular weight is 324 g/mol. The van der Waals surface area contributed by atoms with Crippen molar-refractivity contribution in [3.05, 3.63) is 35.9 Å². The summed E-state index contributed by atoms with van der Waals surface area (Å²) in [4.78, 5) is 0. The number of benzene rings is 1. The first-order chi connectivity index (χ1) is 7.70. The van der Waals surface area contributed by atoms with Crippen LogP contribution in [0.2, 0.25) is 0 Å². The largest absolute Gasteiger partial charge is 0.127 e. The van der Waals surface area contributed by atoms with Gasteiger partial charge in [-0.3, -0.25) is 0 Å². The first-order valence-electron chi connectivity index (χ1n) is 5.55. The second kappa shape index (κ2) is 7.58. The average Bonchev–Trinajstić information content (AvgIpc) is 2.28. The van der Waals surface area contributed by atoms with Gasteiger partial charge in [-0.25, -0.2) is 0 Å². The molecule has 16 heavy (non-hydrogen) atoms. The molecule has 0 amide bonds. The van der Waals surface area contributed by atoms with Crippen LogP contribution in [0.3, 0.4) is 0 Å². The van der Waals surface area contributed by atoms with Crippen molar-refractivity contribution in [2.45, 2.75) is 30.0 Å².